The summed E-state index contributed by atoms with van der Waals surface area (Å²) in [5.41, 5.74) is 0.965. The van der Waals surface area contributed by atoms with Gasteiger partial charge in [-0.2, -0.15) is 0 Å². The first-order valence-corrected chi connectivity index (χ1v) is 10.3. The predicted molar refractivity (Wildman–Crippen MR) is 104 cm³/mol. The van der Waals surface area contributed by atoms with Crippen LogP contribution in [0.5, 0.6) is 11.8 Å². The number of hydrogen-bond donors (Lipinski definition) is 0. The maximum absolute atomic E-state index is 12.7. The van der Waals surface area contributed by atoms with Gasteiger partial charge in [-0.05, 0) is 81.5 Å². The fraction of sp³-hybridized carbons (Fsp3) is 0.421. The zero-order valence-corrected chi connectivity index (χ0v) is 17.3. The number of carbonyl (C=O) groups is 1. The van der Waals surface area contributed by atoms with E-state index in [-0.39, 0.29) is 5.78 Å². The van der Waals surface area contributed by atoms with Crippen molar-refractivity contribution in [3.63, 3.8) is 0 Å². The third-order valence-electron chi connectivity index (χ3n) is 4.44. The topological polar surface area (TPSA) is 61.3 Å². The minimum atomic E-state index is -0.145. The zero-order chi connectivity index (χ0) is 18.1. The molecule has 0 atom stereocenters. The Labute approximate surface area is 168 Å². The number of ketones is 1. The van der Waals surface area contributed by atoms with Gasteiger partial charge in [-0.15, -0.1) is 0 Å². The van der Waals surface area contributed by atoms with Crippen LogP contribution in [0.15, 0.2) is 33.5 Å². The molecule has 0 radical (unpaired) electrons. The van der Waals surface area contributed by atoms with Crippen molar-refractivity contribution in [3.8, 4) is 11.8 Å². The summed E-state index contributed by atoms with van der Waals surface area (Å²) >= 11 is 6.88. The van der Waals surface area contributed by atoms with E-state index < -0.39 is 0 Å². The highest BCUT2D eigenvalue weighted by molar-refractivity contribution is 9.10. The molecule has 0 spiro atoms. The molecule has 0 saturated heterocycles. The SMILES string of the molecule is O=C(c1cnc(OCC2CC2)c(Br)c1)c1cnc(OCC2CC2)c(Br)c1. The first-order valence-electron chi connectivity index (χ1n) is 8.71. The average Bonchev–Trinajstić information content (AvgIpc) is 3.53. The van der Waals surface area contributed by atoms with Gasteiger partial charge in [-0.25, -0.2) is 9.97 Å². The summed E-state index contributed by atoms with van der Waals surface area (Å²) < 4.78 is 12.7. The van der Waals surface area contributed by atoms with Gasteiger partial charge in [0.2, 0.25) is 11.8 Å². The minimum Gasteiger partial charge on any atom is -0.477 e. The van der Waals surface area contributed by atoms with Crippen LogP contribution in [0, 0.1) is 11.8 Å². The highest BCUT2D eigenvalue weighted by Crippen LogP contribution is 2.33. The number of aromatic nitrogens is 2. The van der Waals surface area contributed by atoms with Crippen LogP contribution in [0.2, 0.25) is 0 Å². The van der Waals surface area contributed by atoms with Crippen LogP contribution >= 0.6 is 31.9 Å². The summed E-state index contributed by atoms with van der Waals surface area (Å²) in [6, 6.07) is 3.48. The molecule has 2 heterocycles. The predicted octanol–water partition coefficient (Wildman–Crippen LogP) is 4.81. The highest BCUT2D eigenvalue weighted by Gasteiger charge is 2.24. The van der Waals surface area contributed by atoms with Gasteiger partial charge in [0, 0.05) is 23.5 Å². The largest absolute Gasteiger partial charge is 0.477 e. The van der Waals surface area contributed by atoms with Gasteiger partial charge in [0.05, 0.1) is 22.2 Å². The van der Waals surface area contributed by atoms with Gasteiger partial charge in [0.25, 0.3) is 0 Å². The number of hydrogen-bond acceptors (Lipinski definition) is 5. The van der Waals surface area contributed by atoms with Gasteiger partial charge < -0.3 is 9.47 Å². The van der Waals surface area contributed by atoms with E-state index in [1.165, 1.54) is 25.7 Å². The van der Waals surface area contributed by atoms with Crippen LogP contribution in [0.4, 0.5) is 0 Å². The Morgan fingerprint density at radius 3 is 1.65 bits per heavy atom. The van der Waals surface area contributed by atoms with E-state index in [2.05, 4.69) is 41.8 Å². The molecule has 2 aliphatic carbocycles. The van der Waals surface area contributed by atoms with Crippen molar-refractivity contribution in [2.45, 2.75) is 25.7 Å². The molecule has 26 heavy (non-hydrogen) atoms. The number of ether oxygens (including phenoxy) is 2. The van der Waals surface area contributed by atoms with E-state index >= 15 is 0 Å². The van der Waals surface area contributed by atoms with Crippen LogP contribution in [-0.4, -0.2) is 29.0 Å². The Morgan fingerprint density at radius 1 is 0.885 bits per heavy atom. The molecule has 0 amide bonds. The summed E-state index contributed by atoms with van der Waals surface area (Å²) in [6.07, 6.45) is 7.96. The lowest BCUT2D eigenvalue weighted by Gasteiger charge is -2.09. The number of rotatable bonds is 8. The number of halogens is 2. The van der Waals surface area contributed by atoms with E-state index in [9.17, 15) is 4.79 Å². The molecular formula is C19H18Br2N2O3. The van der Waals surface area contributed by atoms with E-state index in [0.29, 0.717) is 56.9 Å². The standard InChI is InChI=1S/C19H18Br2N2O3/c20-15-5-13(7-22-18(15)25-9-11-1-2-11)17(24)14-6-16(21)19(23-8-14)26-10-12-3-4-12/h5-8,11-12H,1-4,9-10H2. The summed E-state index contributed by atoms with van der Waals surface area (Å²) in [4.78, 5) is 21.3. The third-order valence-corrected chi connectivity index (χ3v) is 5.58. The number of nitrogens with zero attached hydrogens (tertiary/aromatic N) is 2. The Kier molecular flexibility index (Phi) is 5.27. The molecule has 4 rings (SSSR count). The van der Waals surface area contributed by atoms with Crippen molar-refractivity contribution >= 4 is 37.6 Å². The molecule has 136 valence electrons. The van der Waals surface area contributed by atoms with Gasteiger partial charge in [0.1, 0.15) is 0 Å². The van der Waals surface area contributed by atoms with E-state index in [0.717, 1.165) is 0 Å². The fourth-order valence-electron chi connectivity index (χ4n) is 2.44. The number of pyridine rings is 2. The van der Waals surface area contributed by atoms with Gasteiger partial charge >= 0.3 is 0 Å². The summed E-state index contributed by atoms with van der Waals surface area (Å²) in [6.45, 7) is 1.36. The van der Waals surface area contributed by atoms with E-state index in [1.54, 1.807) is 24.5 Å². The van der Waals surface area contributed by atoms with Crippen molar-refractivity contribution in [3.05, 3.63) is 44.6 Å². The molecule has 2 fully saturated rings. The normalized spacial score (nSPS) is 16.4. The fourth-order valence-corrected chi connectivity index (χ4v) is 3.37. The lowest BCUT2D eigenvalue weighted by Crippen LogP contribution is -2.07. The van der Waals surface area contributed by atoms with Crippen molar-refractivity contribution in [2.75, 3.05) is 13.2 Å². The quantitative estimate of drug-likeness (QED) is 0.506. The molecule has 5 nitrogen and oxygen atoms in total. The van der Waals surface area contributed by atoms with Crippen LogP contribution in [0.1, 0.15) is 41.6 Å². The molecule has 2 aromatic rings. The Hall–Kier alpha value is -1.47. The van der Waals surface area contributed by atoms with Gasteiger partial charge in [-0.3, -0.25) is 4.79 Å². The zero-order valence-electron chi connectivity index (χ0n) is 14.1. The van der Waals surface area contributed by atoms with E-state index in [4.69, 9.17) is 9.47 Å². The molecule has 0 aliphatic heterocycles. The smallest absolute Gasteiger partial charge is 0.227 e. The van der Waals surface area contributed by atoms with Crippen LogP contribution in [0.3, 0.4) is 0 Å². The maximum Gasteiger partial charge on any atom is 0.227 e. The summed E-state index contributed by atoms with van der Waals surface area (Å²) in [5.74, 6) is 2.20. The molecule has 2 saturated carbocycles. The second kappa shape index (κ2) is 7.64. The Balaban J connectivity index is 1.45. The van der Waals surface area contributed by atoms with E-state index in [1.807, 2.05) is 0 Å². The van der Waals surface area contributed by atoms with Crippen molar-refractivity contribution in [2.24, 2.45) is 11.8 Å². The summed E-state index contributed by atoms with van der Waals surface area (Å²) in [7, 11) is 0. The lowest BCUT2D eigenvalue weighted by molar-refractivity contribution is 0.103. The molecule has 0 N–H and O–H groups in total. The molecule has 2 aromatic heterocycles. The highest BCUT2D eigenvalue weighted by atomic mass is 79.9. The van der Waals surface area contributed by atoms with Gasteiger partial charge in [0.15, 0.2) is 5.78 Å². The monoisotopic (exact) mass is 480 g/mol. The second-order valence-electron chi connectivity index (χ2n) is 6.86. The first-order chi connectivity index (χ1) is 12.6. The molecule has 2 aliphatic rings. The molecule has 7 heteroatoms. The van der Waals surface area contributed by atoms with Crippen LogP contribution < -0.4 is 9.47 Å². The molecular weight excluding hydrogens is 464 g/mol. The Bertz CT molecular complexity index is 768. The first kappa shape index (κ1) is 17.9. The number of carbonyl (C=O) groups excluding carboxylic acids is 1. The average molecular weight is 482 g/mol. The van der Waals surface area contributed by atoms with Crippen LogP contribution in [0.25, 0.3) is 0 Å². The Morgan fingerprint density at radius 2 is 1.31 bits per heavy atom. The maximum atomic E-state index is 12.7. The lowest BCUT2D eigenvalue weighted by atomic mass is 10.1. The molecule has 0 bridgehead atoms. The minimum absolute atomic E-state index is 0.145. The molecule has 0 unspecified atom stereocenters. The molecule has 0 aromatic carbocycles. The third kappa shape index (κ3) is 4.43. The van der Waals surface area contributed by atoms with Crippen molar-refractivity contribution < 1.29 is 14.3 Å². The van der Waals surface area contributed by atoms with Crippen molar-refractivity contribution in [1.82, 2.24) is 9.97 Å². The van der Waals surface area contributed by atoms with Crippen LogP contribution in [-0.2, 0) is 0 Å². The van der Waals surface area contributed by atoms with Crippen molar-refractivity contribution in [1.29, 1.82) is 0 Å². The second-order valence-corrected chi connectivity index (χ2v) is 8.57. The van der Waals surface area contributed by atoms with Gasteiger partial charge in [-0.1, -0.05) is 0 Å². The summed E-state index contributed by atoms with van der Waals surface area (Å²) in [5, 5.41) is 0.